The van der Waals surface area contributed by atoms with Crippen LogP contribution >= 0.6 is 0 Å². The molecule has 2 N–H and O–H groups in total. The molecule has 3 heteroatoms. The van der Waals surface area contributed by atoms with Crippen molar-refractivity contribution < 1.29 is 4.79 Å². The van der Waals surface area contributed by atoms with Crippen LogP contribution in [0.5, 0.6) is 0 Å². The molecule has 2 unspecified atom stereocenters. The van der Waals surface area contributed by atoms with E-state index >= 15 is 0 Å². The van der Waals surface area contributed by atoms with Crippen molar-refractivity contribution in [2.45, 2.75) is 57.9 Å². The predicted octanol–water partition coefficient (Wildman–Crippen LogP) is 2.07. The van der Waals surface area contributed by atoms with E-state index in [0.29, 0.717) is 5.41 Å². The summed E-state index contributed by atoms with van der Waals surface area (Å²) in [6.07, 6.45) is 8.94. The molecule has 0 spiro atoms. The number of hydrogen-bond donors (Lipinski definition) is 2. The Morgan fingerprint density at radius 3 is 2.72 bits per heavy atom. The number of nitrogens with one attached hydrogen (secondary N) is 2. The Morgan fingerprint density at radius 2 is 2.11 bits per heavy atom. The highest BCUT2D eigenvalue weighted by Gasteiger charge is 2.53. The summed E-state index contributed by atoms with van der Waals surface area (Å²) in [5, 5.41) is 6.59. The van der Waals surface area contributed by atoms with Crippen molar-refractivity contribution in [2.75, 3.05) is 13.1 Å². The zero-order valence-electron chi connectivity index (χ0n) is 11.5. The van der Waals surface area contributed by atoms with Crippen LogP contribution < -0.4 is 10.6 Å². The summed E-state index contributed by atoms with van der Waals surface area (Å²) in [7, 11) is 0. The standard InChI is InChI=1S/C15H26N2O/c1-2-11-5-8-16-13(9-11)14(18)17-10-15(6-7-15)12-3-4-12/h11-13,16H,2-10H2,1H3,(H,17,18). The molecule has 1 heterocycles. The van der Waals surface area contributed by atoms with E-state index in [1.807, 2.05) is 0 Å². The lowest BCUT2D eigenvalue weighted by Crippen LogP contribution is -2.49. The molecule has 102 valence electrons. The maximum Gasteiger partial charge on any atom is 0.237 e. The van der Waals surface area contributed by atoms with Crippen LogP contribution in [0, 0.1) is 17.3 Å². The van der Waals surface area contributed by atoms with E-state index in [9.17, 15) is 4.79 Å². The molecule has 2 saturated carbocycles. The zero-order valence-corrected chi connectivity index (χ0v) is 11.5. The summed E-state index contributed by atoms with van der Waals surface area (Å²) in [6.45, 7) is 4.17. The molecule has 0 aromatic carbocycles. The first-order valence-electron chi connectivity index (χ1n) is 7.74. The third-order valence-corrected chi connectivity index (χ3v) is 5.36. The van der Waals surface area contributed by atoms with Crippen LogP contribution in [0.1, 0.15) is 51.9 Å². The topological polar surface area (TPSA) is 41.1 Å². The molecule has 3 aliphatic rings. The monoisotopic (exact) mass is 250 g/mol. The first kappa shape index (κ1) is 12.5. The Morgan fingerprint density at radius 1 is 1.33 bits per heavy atom. The highest BCUT2D eigenvalue weighted by atomic mass is 16.2. The molecule has 1 amide bonds. The molecule has 0 bridgehead atoms. The van der Waals surface area contributed by atoms with Gasteiger partial charge in [-0.15, -0.1) is 0 Å². The summed E-state index contributed by atoms with van der Waals surface area (Å²) >= 11 is 0. The van der Waals surface area contributed by atoms with E-state index in [1.165, 1.54) is 38.5 Å². The minimum atomic E-state index is 0.0682. The van der Waals surface area contributed by atoms with E-state index in [-0.39, 0.29) is 11.9 Å². The molecule has 0 radical (unpaired) electrons. The molecule has 3 nitrogen and oxygen atoms in total. The Labute approximate surface area is 110 Å². The SMILES string of the molecule is CCC1CCNC(C(=O)NCC2(C3CC3)CC2)C1. The van der Waals surface area contributed by atoms with Crippen LogP contribution in [0.2, 0.25) is 0 Å². The Balaban J connectivity index is 1.46. The second-order valence-corrected chi connectivity index (χ2v) is 6.66. The number of carbonyl (C=O) groups is 1. The lowest BCUT2D eigenvalue weighted by molar-refractivity contribution is -0.124. The third-order valence-electron chi connectivity index (χ3n) is 5.36. The van der Waals surface area contributed by atoms with Crippen molar-refractivity contribution >= 4 is 5.91 Å². The molecular weight excluding hydrogens is 224 g/mol. The average molecular weight is 250 g/mol. The molecule has 2 aliphatic carbocycles. The maximum atomic E-state index is 12.2. The first-order valence-corrected chi connectivity index (χ1v) is 7.74. The van der Waals surface area contributed by atoms with E-state index in [4.69, 9.17) is 0 Å². The van der Waals surface area contributed by atoms with Gasteiger partial charge in [0.1, 0.15) is 0 Å². The first-order chi connectivity index (χ1) is 8.73. The van der Waals surface area contributed by atoms with Crippen LogP contribution in [0.15, 0.2) is 0 Å². The van der Waals surface area contributed by atoms with E-state index in [0.717, 1.165) is 31.3 Å². The maximum absolute atomic E-state index is 12.2. The quantitative estimate of drug-likeness (QED) is 0.784. The molecule has 0 aromatic heterocycles. The molecule has 2 atom stereocenters. The van der Waals surface area contributed by atoms with Crippen molar-refractivity contribution in [2.24, 2.45) is 17.3 Å². The number of carbonyl (C=O) groups excluding carboxylic acids is 1. The van der Waals surface area contributed by atoms with Crippen LogP contribution in [0.25, 0.3) is 0 Å². The van der Waals surface area contributed by atoms with Crippen molar-refractivity contribution in [1.29, 1.82) is 0 Å². The zero-order chi connectivity index (χ0) is 12.6. The van der Waals surface area contributed by atoms with Gasteiger partial charge in [-0.3, -0.25) is 4.79 Å². The normalized spacial score (nSPS) is 34.1. The fourth-order valence-electron chi connectivity index (χ4n) is 3.54. The van der Waals surface area contributed by atoms with Gasteiger partial charge in [-0.2, -0.15) is 0 Å². The highest BCUT2D eigenvalue weighted by Crippen LogP contribution is 2.60. The molecule has 1 aliphatic heterocycles. The van der Waals surface area contributed by atoms with Crippen molar-refractivity contribution in [3.63, 3.8) is 0 Å². The van der Waals surface area contributed by atoms with E-state index in [1.54, 1.807) is 0 Å². The Bertz CT molecular complexity index is 320. The Hall–Kier alpha value is -0.570. The smallest absolute Gasteiger partial charge is 0.237 e. The second kappa shape index (κ2) is 4.84. The van der Waals surface area contributed by atoms with Gasteiger partial charge in [0.05, 0.1) is 6.04 Å². The molecule has 0 aromatic rings. The van der Waals surface area contributed by atoms with Gasteiger partial charge in [0, 0.05) is 6.54 Å². The molecule has 3 fully saturated rings. The largest absolute Gasteiger partial charge is 0.354 e. The van der Waals surface area contributed by atoms with Crippen LogP contribution in [0.4, 0.5) is 0 Å². The van der Waals surface area contributed by atoms with E-state index < -0.39 is 0 Å². The minimum Gasteiger partial charge on any atom is -0.354 e. The minimum absolute atomic E-state index is 0.0682. The molecule has 18 heavy (non-hydrogen) atoms. The third kappa shape index (κ3) is 2.56. The molecular formula is C15H26N2O. The van der Waals surface area contributed by atoms with Crippen LogP contribution in [-0.2, 0) is 4.79 Å². The van der Waals surface area contributed by atoms with Gasteiger partial charge in [-0.1, -0.05) is 13.3 Å². The predicted molar refractivity (Wildman–Crippen MR) is 72.2 cm³/mol. The lowest BCUT2D eigenvalue weighted by Gasteiger charge is -2.29. The number of rotatable bonds is 5. The van der Waals surface area contributed by atoms with Gasteiger partial charge >= 0.3 is 0 Å². The second-order valence-electron chi connectivity index (χ2n) is 6.66. The summed E-state index contributed by atoms with van der Waals surface area (Å²) in [4.78, 5) is 12.2. The van der Waals surface area contributed by atoms with Gasteiger partial charge in [-0.05, 0) is 62.3 Å². The lowest BCUT2D eigenvalue weighted by atomic mass is 9.90. The summed E-state index contributed by atoms with van der Waals surface area (Å²) in [5.41, 5.74) is 0.522. The Kier molecular flexibility index (Phi) is 3.35. The van der Waals surface area contributed by atoms with Crippen LogP contribution in [-0.4, -0.2) is 25.0 Å². The number of amides is 1. The highest BCUT2D eigenvalue weighted by molar-refractivity contribution is 5.81. The van der Waals surface area contributed by atoms with E-state index in [2.05, 4.69) is 17.6 Å². The molecule has 1 saturated heterocycles. The average Bonchev–Trinajstić information content (AvgIpc) is 3.28. The van der Waals surface area contributed by atoms with Gasteiger partial charge in [0.2, 0.25) is 5.91 Å². The van der Waals surface area contributed by atoms with Crippen molar-refractivity contribution in [3.05, 3.63) is 0 Å². The van der Waals surface area contributed by atoms with Crippen molar-refractivity contribution in [1.82, 2.24) is 10.6 Å². The fraction of sp³-hybridized carbons (Fsp3) is 0.933. The summed E-state index contributed by atoms with van der Waals surface area (Å²) in [5.74, 6) is 1.92. The van der Waals surface area contributed by atoms with Gasteiger partial charge in [-0.25, -0.2) is 0 Å². The summed E-state index contributed by atoms with van der Waals surface area (Å²) in [6, 6.07) is 0.0682. The molecule has 3 rings (SSSR count). The van der Waals surface area contributed by atoms with Gasteiger partial charge < -0.3 is 10.6 Å². The van der Waals surface area contributed by atoms with Gasteiger partial charge in [0.25, 0.3) is 0 Å². The number of piperidine rings is 1. The van der Waals surface area contributed by atoms with Gasteiger partial charge in [0.15, 0.2) is 0 Å². The summed E-state index contributed by atoms with van der Waals surface area (Å²) < 4.78 is 0. The van der Waals surface area contributed by atoms with Crippen molar-refractivity contribution in [3.8, 4) is 0 Å². The number of hydrogen-bond acceptors (Lipinski definition) is 2. The van der Waals surface area contributed by atoms with Crippen LogP contribution in [0.3, 0.4) is 0 Å². The fourth-order valence-corrected chi connectivity index (χ4v) is 3.54.